The van der Waals surface area contributed by atoms with E-state index in [9.17, 15) is 5.39 Å². The Bertz CT molecular complexity index is 762. The van der Waals surface area contributed by atoms with Crippen LogP contribution in [-0.4, -0.2) is 13.2 Å². The molecule has 2 aromatic rings. The van der Waals surface area contributed by atoms with E-state index in [0.29, 0.717) is 35.4 Å². The summed E-state index contributed by atoms with van der Waals surface area (Å²) in [6.07, 6.45) is 3.97. The Morgan fingerprint density at radius 1 is 0.962 bits per heavy atom. The van der Waals surface area contributed by atoms with Crippen molar-refractivity contribution in [3.05, 3.63) is 46.4 Å². The van der Waals surface area contributed by atoms with Crippen LogP contribution in [0.2, 0.25) is 5.02 Å². The highest BCUT2D eigenvalue weighted by Crippen LogP contribution is 2.44. The molecule has 0 N–H and O–H groups in total. The summed E-state index contributed by atoms with van der Waals surface area (Å²) in [4.78, 5) is 5.18. The van der Waals surface area contributed by atoms with Gasteiger partial charge in [0.2, 0.25) is 11.1 Å². The fourth-order valence-electron chi connectivity index (χ4n) is 2.22. The highest BCUT2D eigenvalue weighted by molar-refractivity contribution is 7.99. The van der Waals surface area contributed by atoms with E-state index < -0.39 is 0 Å². The van der Waals surface area contributed by atoms with Crippen molar-refractivity contribution in [1.82, 2.24) is 0 Å². The molecule has 0 saturated heterocycles. The zero-order valence-electron chi connectivity index (χ0n) is 15.2. The summed E-state index contributed by atoms with van der Waals surface area (Å²) in [5.41, 5.74) is 0.371. The number of diazo groups is 1. The van der Waals surface area contributed by atoms with Crippen molar-refractivity contribution in [2.24, 2.45) is 0 Å². The maximum atomic E-state index is 9.36. The summed E-state index contributed by atoms with van der Waals surface area (Å²) < 4.78 is 11.7. The first-order chi connectivity index (χ1) is 12.7. The Balaban J connectivity index is 2.34. The summed E-state index contributed by atoms with van der Waals surface area (Å²) in [5.74, 6) is 1.21. The summed E-state index contributed by atoms with van der Waals surface area (Å²) in [6, 6.07) is 11.2. The molecule has 0 unspecified atom stereocenters. The molecule has 138 valence electrons. The van der Waals surface area contributed by atoms with E-state index in [0.717, 1.165) is 35.5 Å². The van der Waals surface area contributed by atoms with Crippen LogP contribution in [0.25, 0.3) is 4.98 Å². The Hall–Kier alpha value is -1.90. The molecule has 26 heavy (non-hydrogen) atoms. The van der Waals surface area contributed by atoms with Gasteiger partial charge in [-0.2, -0.15) is 0 Å². The molecule has 2 rings (SSSR count). The van der Waals surface area contributed by atoms with Crippen LogP contribution in [0.15, 0.2) is 46.2 Å². The Morgan fingerprint density at radius 3 is 2.23 bits per heavy atom. The molecule has 6 heteroatoms. The second kappa shape index (κ2) is 10.9. The second-order valence-corrected chi connectivity index (χ2v) is 7.29. The third kappa shape index (κ3) is 5.82. The highest BCUT2D eigenvalue weighted by atomic mass is 35.5. The molecule has 4 nitrogen and oxygen atoms in total. The molecule has 0 aliphatic heterocycles. The molecule has 0 fully saturated rings. The average molecular weight is 392 g/mol. The molecule has 0 saturated carbocycles. The van der Waals surface area contributed by atoms with Gasteiger partial charge in [0.1, 0.15) is 5.75 Å². The lowest BCUT2D eigenvalue weighted by atomic mass is 10.2. The maximum Gasteiger partial charge on any atom is 0.430 e. The minimum absolute atomic E-state index is 0.371. The van der Waals surface area contributed by atoms with Gasteiger partial charge >= 0.3 is 5.69 Å². The number of nitrogens with zero attached hydrogens (tertiary/aromatic N) is 2. The lowest BCUT2D eigenvalue weighted by Crippen LogP contribution is -2.00. The number of hydrogen-bond acceptors (Lipinski definition) is 4. The van der Waals surface area contributed by atoms with Crippen LogP contribution < -0.4 is 9.47 Å². The van der Waals surface area contributed by atoms with Gasteiger partial charge in [0, 0.05) is 11.0 Å². The van der Waals surface area contributed by atoms with Crippen molar-refractivity contribution in [2.45, 2.75) is 49.3 Å². The summed E-state index contributed by atoms with van der Waals surface area (Å²) in [6.45, 7) is 5.39. The standard InChI is InChI=1S/C20H24ClN2O2S/c1-3-5-11-24-17-14-20(26-19-10-8-7-9-15(19)21)18(13-16(17)23-22)25-12-6-4-2/h7-10,13-14H,3-6,11-12H2,1-2H3/q+1. The lowest BCUT2D eigenvalue weighted by molar-refractivity contribution is 0.296. The minimum atomic E-state index is 0.371. The van der Waals surface area contributed by atoms with Crippen LogP contribution in [0.3, 0.4) is 0 Å². The number of unbranched alkanes of at least 4 members (excludes halogenated alkanes) is 2. The quantitative estimate of drug-likeness (QED) is 0.314. The molecule has 0 amide bonds. The van der Waals surface area contributed by atoms with E-state index in [1.807, 2.05) is 30.3 Å². The van der Waals surface area contributed by atoms with Crippen molar-refractivity contribution >= 4 is 29.1 Å². The topological polar surface area (TPSA) is 46.6 Å². The first-order valence-electron chi connectivity index (χ1n) is 8.90. The largest absolute Gasteiger partial charge is 0.492 e. The number of benzene rings is 2. The van der Waals surface area contributed by atoms with Crippen LogP contribution in [0.4, 0.5) is 5.69 Å². The van der Waals surface area contributed by atoms with Crippen LogP contribution in [0, 0.1) is 5.39 Å². The molecule has 2 aromatic carbocycles. The predicted molar refractivity (Wildman–Crippen MR) is 108 cm³/mol. The monoisotopic (exact) mass is 391 g/mol. The van der Waals surface area contributed by atoms with Gasteiger partial charge in [0.05, 0.1) is 29.2 Å². The van der Waals surface area contributed by atoms with E-state index in [1.165, 1.54) is 11.8 Å². The normalized spacial score (nSPS) is 10.4. The number of rotatable bonds is 10. The van der Waals surface area contributed by atoms with Crippen molar-refractivity contribution in [1.29, 1.82) is 5.39 Å². The van der Waals surface area contributed by atoms with Gasteiger partial charge in [-0.3, -0.25) is 0 Å². The highest BCUT2D eigenvalue weighted by Gasteiger charge is 2.22. The Labute approximate surface area is 164 Å². The van der Waals surface area contributed by atoms with Gasteiger partial charge in [-0.05, 0) is 25.0 Å². The molecular formula is C20H24ClN2O2S+. The number of hydrogen-bond donors (Lipinski definition) is 0. The fraction of sp³-hybridized carbons (Fsp3) is 0.400. The van der Waals surface area contributed by atoms with Gasteiger partial charge in [-0.15, -0.1) is 0 Å². The third-order valence-corrected chi connectivity index (χ3v) is 5.26. The molecule has 0 spiro atoms. The third-order valence-electron chi connectivity index (χ3n) is 3.70. The van der Waals surface area contributed by atoms with Gasteiger partial charge in [0.25, 0.3) is 0 Å². The Kier molecular flexibility index (Phi) is 8.60. The van der Waals surface area contributed by atoms with E-state index in [1.54, 1.807) is 6.07 Å². The average Bonchev–Trinajstić information content (AvgIpc) is 2.65. The van der Waals surface area contributed by atoms with Crippen molar-refractivity contribution < 1.29 is 9.47 Å². The minimum Gasteiger partial charge on any atom is -0.492 e. The van der Waals surface area contributed by atoms with Gasteiger partial charge in [-0.1, -0.05) is 62.2 Å². The molecule has 0 atom stereocenters. The van der Waals surface area contributed by atoms with E-state index >= 15 is 0 Å². The molecule has 0 bridgehead atoms. The number of ether oxygens (including phenoxy) is 2. The molecule has 0 radical (unpaired) electrons. The fourth-order valence-corrected chi connectivity index (χ4v) is 3.40. The van der Waals surface area contributed by atoms with Crippen molar-refractivity contribution in [3.63, 3.8) is 0 Å². The maximum absolute atomic E-state index is 9.36. The molecular weight excluding hydrogens is 368 g/mol. The van der Waals surface area contributed by atoms with Crippen LogP contribution in [0.1, 0.15) is 39.5 Å². The van der Waals surface area contributed by atoms with Crippen LogP contribution >= 0.6 is 23.4 Å². The van der Waals surface area contributed by atoms with Gasteiger partial charge in [0.15, 0.2) is 4.98 Å². The second-order valence-electron chi connectivity index (χ2n) is 5.80. The van der Waals surface area contributed by atoms with Gasteiger partial charge < -0.3 is 9.47 Å². The summed E-state index contributed by atoms with van der Waals surface area (Å²) >= 11 is 7.81. The first-order valence-corrected chi connectivity index (χ1v) is 10.1. The SMILES string of the molecule is CCCCOc1cc(Sc2ccccc2Cl)c(OCCCC)cc1[N+]#N. The van der Waals surface area contributed by atoms with Gasteiger partial charge in [-0.25, -0.2) is 0 Å². The smallest absolute Gasteiger partial charge is 0.430 e. The first kappa shape index (κ1) is 20.4. The molecule has 0 aromatic heterocycles. The summed E-state index contributed by atoms with van der Waals surface area (Å²) in [7, 11) is 0. The van der Waals surface area contributed by atoms with E-state index in [4.69, 9.17) is 21.1 Å². The van der Waals surface area contributed by atoms with Crippen LogP contribution in [0.5, 0.6) is 11.5 Å². The summed E-state index contributed by atoms with van der Waals surface area (Å²) in [5, 5.41) is 10.0. The van der Waals surface area contributed by atoms with E-state index in [-0.39, 0.29) is 0 Å². The van der Waals surface area contributed by atoms with Crippen molar-refractivity contribution in [3.8, 4) is 11.5 Å². The van der Waals surface area contributed by atoms with Crippen LogP contribution in [-0.2, 0) is 0 Å². The van der Waals surface area contributed by atoms with Crippen molar-refractivity contribution in [2.75, 3.05) is 13.2 Å². The predicted octanol–water partition coefficient (Wildman–Crippen LogP) is 7.33. The number of halogens is 1. The zero-order valence-corrected chi connectivity index (χ0v) is 16.8. The molecule has 0 heterocycles. The molecule has 0 aliphatic carbocycles. The lowest BCUT2D eigenvalue weighted by Gasteiger charge is -2.13. The Morgan fingerprint density at radius 2 is 1.62 bits per heavy atom. The zero-order chi connectivity index (χ0) is 18.8. The molecule has 0 aliphatic rings. The van der Waals surface area contributed by atoms with E-state index in [2.05, 4.69) is 18.8 Å².